The number of anilines is 1. The summed E-state index contributed by atoms with van der Waals surface area (Å²) in [5.41, 5.74) is 10.4. The SMILES string of the molecule is CCc1ccc(N(CC(C)C)Sc2ccc3c(c2)C(N)CC(C2CCOCC2)O3)cc1. The molecule has 4 rings (SSSR count). The Balaban J connectivity index is 1.50. The van der Waals surface area contributed by atoms with Gasteiger partial charge in [-0.25, -0.2) is 0 Å². The molecule has 0 aromatic heterocycles. The van der Waals surface area contributed by atoms with Crippen molar-refractivity contribution in [3.05, 3.63) is 53.6 Å². The monoisotopic (exact) mass is 440 g/mol. The first-order chi connectivity index (χ1) is 15.0. The zero-order chi connectivity index (χ0) is 21.8. The highest BCUT2D eigenvalue weighted by atomic mass is 32.2. The van der Waals surface area contributed by atoms with E-state index in [-0.39, 0.29) is 12.1 Å². The first kappa shape index (κ1) is 22.5. The van der Waals surface area contributed by atoms with E-state index in [4.69, 9.17) is 15.2 Å². The molecule has 0 aliphatic carbocycles. The summed E-state index contributed by atoms with van der Waals surface area (Å²) in [4.78, 5) is 1.21. The summed E-state index contributed by atoms with van der Waals surface area (Å²) in [5.74, 6) is 2.08. The predicted octanol–water partition coefficient (Wildman–Crippen LogP) is 6.00. The van der Waals surface area contributed by atoms with E-state index in [1.807, 2.05) is 0 Å². The summed E-state index contributed by atoms with van der Waals surface area (Å²) in [5, 5.41) is 0. The highest BCUT2D eigenvalue weighted by molar-refractivity contribution is 8.00. The molecule has 2 atom stereocenters. The van der Waals surface area contributed by atoms with Gasteiger partial charge in [0.1, 0.15) is 11.9 Å². The van der Waals surface area contributed by atoms with Gasteiger partial charge in [0.15, 0.2) is 0 Å². The van der Waals surface area contributed by atoms with E-state index in [9.17, 15) is 0 Å². The van der Waals surface area contributed by atoms with E-state index < -0.39 is 0 Å². The minimum absolute atomic E-state index is 0.0273. The van der Waals surface area contributed by atoms with E-state index in [2.05, 4.69) is 67.5 Å². The number of benzene rings is 2. The molecule has 2 aromatic rings. The van der Waals surface area contributed by atoms with Gasteiger partial charge < -0.3 is 19.5 Å². The average Bonchev–Trinajstić information content (AvgIpc) is 2.79. The van der Waals surface area contributed by atoms with Crippen molar-refractivity contribution in [1.29, 1.82) is 0 Å². The molecule has 0 saturated carbocycles. The third-order valence-electron chi connectivity index (χ3n) is 6.32. The van der Waals surface area contributed by atoms with Crippen molar-refractivity contribution >= 4 is 17.6 Å². The van der Waals surface area contributed by atoms with E-state index in [1.165, 1.54) is 16.1 Å². The molecule has 2 aliphatic rings. The Labute approximate surface area is 191 Å². The Hall–Kier alpha value is -1.69. The molecule has 4 nitrogen and oxygen atoms in total. The second-order valence-corrected chi connectivity index (χ2v) is 10.3. The van der Waals surface area contributed by atoms with Gasteiger partial charge in [0.05, 0.1) is 0 Å². The van der Waals surface area contributed by atoms with Crippen molar-refractivity contribution in [3.63, 3.8) is 0 Å². The van der Waals surface area contributed by atoms with Gasteiger partial charge in [-0.1, -0.05) is 32.9 Å². The normalized spacial score (nSPS) is 21.6. The topological polar surface area (TPSA) is 47.7 Å². The molecule has 2 aliphatic heterocycles. The average molecular weight is 441 g/mol. The van der Waals surface area contributed by atoms with Crippen LogP contribution in [-0.4, -0.2) is 25.9 Å². The summed E-state index contributed by atoms with van der Waals surface area (Å²) in [6, 6.07) is 15.5. The quantitative estimate of drug-likeness (QED) is 0.535. The number of rotatable bonds is 7. The van der Waals surface area contributed by atoms with Crippen molar-refractivity contribution in [3.8, 4) is 5.75 Å². The number of aryl methyl sites for hydroxylation is 1. The van der Waals surface area contributed by atoms with Gasteiger partial charge >= 0.3 is 0 Å². The van der Waals surface area contributed by atoms with Gasteiger partial charge in [-0.2, -0.15) is 0 Å². The van der Waals surface area contributed by atoms with E-state index in [0.717, 1.165) is 56.8 Å². The Morgan fingerprint density at radius 1 is 1.10 bits per heavy atom. The maximum atomic E-state index is 6.63. The number of nitrogens with zero attached hydrogens (tertiary/aromatic N) is 1. The summed E-state index contributed by atoms with van der Waals surface area (Å²) in [6.45, 7) is 9.39. The van der Waals surface area contributed by atoms with Gasteiger partial charge in [-0.05, 0) is 73.0 Å². The van der Waals surface area contributed by atoms with Crippen LogP contribution in [0, 0.1) is 11.8 Å². The van der Waals surface area contributed by atoms with Crippen LogP contribution in [-0.2, 0) is 11.2 Å². The number of hydrogen-bond donors (Lipinski definition) is 1. The molecule has 2 N–H and O–H groups in total. The van der Waals surface area contributed by atoms with Crippen LogP contribution < -0.4 is 14.8 Å². The van der Waals surface area contributed by atoms with Crippen LogP contribution in [0.2, 0.25) is 0 Å². The van der Waals surface area contributed by atoms with Crippen LogP contribution in [0.25, 0.3) is 0 Å². The van der Waals surface area contributed by atoms with Crippen LogP contribution in [0.5, 0.6) is 5.75 Å². The molecule has 31 heavy (non-hydrogen) atoms. The lowest BCUT2D eigenvalue weighted by Gasteiger charge is -2.37. The first-order valence-corrected chi connectivity index (χ1v) is 12.5. The van der Waals surface area contributed by atoms with E-state index >= 15 is 0 Å². The van der Waals surface area contributed by atoms with Crippen molar-refractivity contribution < 1.29 is 9.47 Å². The van der Waals surface area contributed by atoms with Gasteiger partial charge in [0.25, 0.3) is 0 Å². The Morgan fingerprint density at radius 3 is 2.52 bits per heavy atom. The van der Waals surface area contributed by atoms with Crippen LogP contribution in [0.3, 0.4) is 0 Å². The van der Waals surface area contributed by atoms with Crippen molar-refractivity contribution in [2.45, 2.75) is 63.5 Å². The molecule has 0 radical (unpaired) electrons. The third-order valence-corrected chi connectivity index (χ3v) is 7.36. The highest BCUT2D eigenvalue weighted by Gasteiger charge is 2.33. The minimum atomic E-state index is 0.0273. The van der Waals surface area contributed by atoms with Crippen molar-refractivity contribution in [2.24, 2.45) is 17.6 Å². The van der Waals surface area contributed by atoms with Gasteiger partial charge in [-0.3, -0.25) is 0 Å². The second kappa shape index (κ2) is 10.3. The first-order valence-electron chi connectivity index (χ1n) is 11.7. The zero-order valence-corrected chi connectivity index (χ0v) is 19.9. The Kier molecular flexibility index (Phi) is 7.47. The summed E-state index contributed by atoms with van der Waals surface area (Å²) < 4.78 is 14.3. The third kappa shape index (κ3) is 5.57. The fourth-order valence-corrected chi connectivity index (χ4v) is 5.66. The van der Waals surface area contributed by atoms with Gasteiger partial charge in [-0.15, -0.1) is 0 Å². The molecule has 2 aromatic carbocycles. The molecule has 0 amide bonds. The molecule has 0 spiro atoms. The zero-order valence-electron chi connectivity index (χ0n) is 19.0. The molecule has 5 heteroatoms. The van der Waals surface area contributed by atoms with E-state index in [0.29, 0.717) is 11.8 Å². The van der Waals surface area contributed by atoms with Crippen LogP contribution in [0.15, 0.2) is 47.4 Å². The van der Waals surface area contributed by atoms with Crippen LogP contribution in [0.4, 0.5) is 5.69 Å². The lowest BCUT2D eigenvalue weighted by Crippen LogP contribution is -2.37. The molecular formula is C26H36N2O2S. The largest absolute Gasteiger partial charge is 0.490 e. The summed E-state index contributed by atoms with van der Waals surface area (Å²) in [7, 11) is 0. The van der Waals surface area contributed by atoms with Crippen molar-refractivity contribution in [1.82, 2.24) is 0 Å². The molecule has 1 fully saturated rings. The molecule has 168 valence electrons. The van der Waals surface area contributed by atoms with Crippen LogP contribution >= 0.6 is 11.9 Å². The summed E-state index contributed by atoms with van der Waals surface area (Å²) in [6.07, 6.45) is 4.30. The minimum Gasteiger partial charge on any atom is -0.490 e. The molecule has 2 unspecified atom stereocenters. The molecular weight excluding hydrogens is 404 g/mol. The van der Waals surface area contributed by atoms with Gasteiger partial charge in [0.2, 0.25) is 0 Å². The maximum absolute atomic E-state index is 6.63. The molecule has 1 saturated heterocycles. The smallest absolute Gasteiger partial charge is 0.124 e. The number of ether oxygens (including phenoxy) is 2. The molecule has 0 bridgehead atoms. The fourth-order valence-electron chi connectivity index (χ4n) is 4.50. The Bertz CT molecular complexity index is 849. The Morgan fingerprint density at radius 2 is 1.84 bits per heavy atom. The number of nitrogens with two attached hydrogens (primary N) is 1. The number of fused-ring (bicyclic) bond motifs is 1. The van der Waals surface area contributed by atoms with Crippen molar-refractivity contribution in [2.75, 3.05) is 24.1 Å². The number of hydrogen-bond acceptors (Lipinski definition) is 5. The lowest BCUT2D eigenvalue weighted by atomic mass is 9.86. The van der Waals surface area contributed by atoms with Gasteiger partial charge in [0, 0.05) is 54.3 Å². The molecule has 2 heterocycles. The highest BCUT2D eigenvalue weighted by Crippen LogP contribution is 2.41. The predicted molar refractivity (Wildman–Crippen MR) is 130 cm³/mol. The fraction of sp³-hybridized carbons (Fsp3) is 0.538. The standard InChI is InChI=1S/C26H36N2O2S/c1-4-19-5-7-21(8-6-19)28(17-18(2)3)31-22-9-10-25-23(15-22)24(27)16-26(30-25)20-11-13-29-14-12-20/h5-10,15,18,20,24,26H,4,11-14,16-17,27H2,1-3H3. The maximum Gasteiger partial charge on any atom is 0.124 e. The van der Waals surface area contributed by atoms with Crippen LogP contribution in [0.1, 0.15) is 57.2 Å². The van der Waals surface area contributed by atoms with E-state index in [1.54, 1.807) is 11.9 Å². The second-order valence-electron chi connectivity index (χ2n) is 9.21. The lowest BCUT2D eigenvalue weighted by molar-refractivity contribution is 0.00725. The summed E-state index contributed by atoms with van der Waals surface area (Å²) >= 11 is 1.79.